The molecule has 3 rings (SSSR count). The number of amides is 1. The Labute approximate surface area is 167 Å². The summed E-state index contributed by atoms with van der Waals surface area (Å²) in [6.07, 6.45) is 0. The third-order valence-corrected chi connectivity index (χ3v) is 4.25. The van der Waals surface area contributed by atoms with Gasteiger partial charge in [0.05, 0.1) is 10.5 Å². The Morgan fingerprint density at radius 3 is 2.28 bits per heavy atom. The standard InChI is InChI=1S/C22H18N2O5/c1-15-7-8-18(13-20(15)24(27)28)22(26)29-14-21(25)23-19-11-9-17(10-12-19)16-5-3-2-4-6-16/h2-13H,14H2,1H3,(H,23,25). The summed E-state index contributed by atoms with van der Waals surface area (Å²) in [5, 5.41) is 13.6. The average molecular weight is 390 g/mol. The van der Waals surface area contributed by atoms with Crippen molar-refractivity contribution in [3.63, 3.8) is 0 Å². The minimum atomic E-state index is -0.803. The Balaban J connectivity index is 1.56. The van der Waals surface area contributed by atoms with Gasteiger partial charge in [0, 0.05) is 17.3 Å². The number of carbonyl (C=O) groups excluding carboxylic acids is 2. The zero-order chi connectivity index (χ0) is 20.8. The lowest BCUT2D eigenvalue weighted by Crippen LogP contribution is -2.21. The fourth-order valence-corrected chi connectivity index (χ4v) is 2.72. The highest BCUT2D eigenvalue weighted by atomic mass is 16.6. The van der Waals surface area contributed by atoms with E-state index in [1.807, 2.05) is 42.5 Å². The van der Waals surface area contributed by atoms with E-state index in [-0.39, 0.29) is 11.3 Å². The summed E-state index contributed by atoms with van der Waals surface area (Å²) in [7, 11) is 0. The molecule has 0 radical (unpaired) electrons. The molecule has 0 fully saturated rings. The summed E-state index contributed by atoms with van der Waals surface area (Å²) in [4.78, 5) is 34.5. The highest BCUT2D eigenvalue weighted by molar-refractivity contribution is 5.96. The molecule has 0 saturated carbocycles. The molecule has 7 nitrogen and oxygen atoms in total. The van der Waals surface area contributed by atoms with Crippen LogP contribution >= 0.6 is 0 Å². The largest absolute Gasteiger partial charge is 0.452 e. The Bertz CT molecular complexity index is 1050. The van der Waals surface area contributed by atoms with E-state index in [4.69, 9.17) is 4.74 Å². The zero-order valence-corrected chi connectivity index (χ0v) is 15.6. The van der Waals surface area contributed by atoms with Crippen LogP contribution in [0.1, 0.15) is 15.9 Å². The van der Waals surface area contributed by atoms with Crippen molar-refractivity contribution in [3.05, 3.63) is 94.0 Å². The fourth-order valence-electron chi connectivity index (χ4n) is 2.72. The number of esters is 1. The van der Waals surface area contributed by atoms with Crippen molar-refractivity contribution in [1.82, 2.24) is 0 Å². The molecule has 1 N–H and O–H groups in total. The molecule has 1 amide bonds. The minimum Gasteiger partial charge on any atom is -0.452 e. The first kappa shape index (κ1) is 19.8. The SMILES string of the molecule is Cc1ccc(C(=O)OCC(=O)Nc2ccc(-c3ccccc3)cc2)cc1[N+](=O)[O-]. The summed E-state index contributed by atoms with van der Waals surface area (Å²) < 4.78 is 4.96. The Hall–Kier alpha value is -4.00. The molecular formula is C22H18N2O5. The monoisotopic (exact) mass is 390 g/mol. The third-order valence-electron chi connectivity index (χ3n) is 4.25. The average Bonchev–Trinajstić information content (AvgIpc) is 2.73. The van der Waals surface area contributed by atoms with Gasteiger partial charge in [0.2, 0.25) is 0 Å². The van der Waals surface area contributed by atoms with Gasteiger partial charge in [-0.15, -0.1) is 0 Å². The van der Waals surface area contributed by atoms with Gasteiger partial charge in [0.1, 0.15) is 0 Å². The maximum absolute atomic E-state index is 12.1. The number of rotatable bonds is 6. The number of aryl methyl sites for hydroxylation is 1. The predicted molar refractivity (Wildman–Crippen MR) is 109 cm³/mol. The lowest BCUT2D eigenvalue weighted by molar-refractivity contribution is -0.385. The molecule has 0 spiro atoms. The van der Waals surface area contributed by atoms with Gasteiger partial charge in [-0.3, -0.25) is 14.9 Å². The molecule has 0 aliphatic heterocycles. The van der Waals surface area contributed by atoms with Crippen LogP contribution in [0.4, 0.5) is 11.4 Å². The lowest BCUT2D eigenvalue weighted by atomic mass is 10.1. The van der Waals surface area contributed by atoms with Crippen LogP contribution in [-0.4, -0.2) is 23.4 Å². The number of carbonyl (C=O) groups is 2. The second kappa shape index (κ2) is 8.79. The molecule has 0 aliphatic carbocycles. The molecule has 7 heteroatoms. The van der Waals surface area contributed by atoms with Crippen molar-refractivity contribution in [2.45, 2.75) is 6.92 Å². The number of nitrogens with zero attached hydrogens (tertiary/aromatic N) is 1. The molecular weight excluding hydrogens is 372 g/mol. The van der Waals surface area contributed by atoms with E-state index in [1.165, 1.54) is 12.1 Å². The van der Waals surface area contributed by atoms with Gasteiger partial charge in [0.25, 0.3) is 11.6 Å². The van der Waals surface area contributed by atoms with Gasteiger partial charge in [-0.05, 0) is 36.2 Å². The summed E-state index contributed by atoms with van der Waals surface area (Å²) in [6.45, 7) is 1.07. The predicted octanol–water partition coefficient (Wildman–Crippen LogP) is 4.37. The van der Waals surface area contributed by atoms with Crippen molar-refractivity contribution in [1.29, 1.82) is 0 Å². The number of benzene rings is 3. The molecule has 0 heterocycles. The van der Waals surface area contributed by atoms with Crippen LogP contribution in [0.15, 0.2) is 72.8 Å². The normalized spacial score (nSPS) is 10.2. The molecule has 146 valence electrons. The van der Waals surface area contributed by atoms with Gasteiger partial charge in [-0.25, -0.2) is 4.79 Å². The van der Waals surface area contributed by atoms with E-state index in [2.05, 4.69) is 5.32 Å². The van der Waals surface area contributed by atoms with Crippen LogP contribution in [0.2, 0.25) is 0 Å². The molecule has 0 aromatic heterocycles. The highest BCUT2D eigenvalue weighted by Gasteiger charge is 2.17. The first-order valence-corrected chi connectivity index (χ1v) is 8.81. The fraction of sp³-hybridized carbons (Fsp3) is 0.0909. The summed E-state index contributed by atoms with van der Waals surface area (Å²) in [5.41, 5.74) is 2.91. The quantitative estimate of drug-likeness (QED) is 0.383. The maximum Gasteiger partial charge on any atom is 0.338 e. The number of nitrogens with one attached hydrogen (secondary N) is 1. The molecule has 0 saturated heterocycles. The zero-order valence-electron chi connectivity index (χ0n) is 15.6. The first-order chi connectivity index (χ1) is 13.9. The minimum absolute atomic E-state index is 0.0160. The van der Waals surface area contributed by atoms with Gasteiger partial charge >= 0.3 is 5.97 Å². The van der Waals surface area contributed by atoms with Gasteiger partial charge < -0.3 is 10.1 Å². The maximum atomic E-state index is 12.1. The van der Waals surface area contributed by atoms with Crippen molar-refractivity contribution in [2.24, 2.45) is 0 Å². The second-order valence-electron chi connectivity index (χ2n) is 6.33. The molecule has 29 heavy (non-hydrogen) atoms. The summed E-state index contributed by atoms with van der Waals surface area (Å²) in [6, 6.07) is 21.1. The molecule has 3 aromatic carbocycles. The van der Waals surface area contributed by atoms with Crippen molar-refractivity contribution < 1.29 is 19.2 Å². The third kappa shape index (κ3) is 5.04. The van der Waals surface area contributed by atoms with Crippen molar-refractivity contribution >= 4 is 23.3 Å². The number of ether oxygens (including phenoxy) is 1. The van der Waals surface area contributed by atoms with E-state index in [9.17, 15) is 19.7 Å². The highest BCUT2D eigenvalue weighted by Crippen LogP contribution is 2.21. The smallest absolute Gasteiger partial charge is 0.338 e. The van der Waals surface area contributed by atoms with Crippen LogP contribution in [0.25, 0.3) is 11.1 Å². The van der Waals surface area contributed by atoms with Crippen LogP contribution < -0.4 is 5.32 Å². The molecule has 0 aliphatic rings. The van der Waals surface area contributed by atoms with Crippen LogP contribution in [0.5, 0.6) is 0 Å². The second-order valence-corrected chi connectivity index (χ2v) is 6.33. The Kier molecular flexibility index (Phi) is 5.99. The van der Waals surface area contributed by atoms with Crippen LogP contribution in [0.3, 0.4) is 0 Å². The van der Waals surface area contributed by atoms with Crippen LogP contribution in [-0.2, 0) is 9.53 Å². The summed E-state index contributed by atoms with van der Waals surface area (Å²) in [5.74, 6) is -1.31. The Morgan fingerprint density at radius 2 is 1.62 bits per heavy atom. The number of anilines is 1. The number of nitro benzene ring substituents is 1. The van der Waals surface area contributed by atoms with Crippen molar-refractivity contribution in [2.75, 3.05) is 11.9 Å². The molecule has 0 bridgehead atoms. The lowest BCUT2D eigenvalue weighted by Gasteiger charge is -2.08. The Morgan fingerprint density at radius 1 is 0.966 bits per heavy atom. The number of hydrogen-bond acceptors (Lipinski definition) is 5. The summed E-state index contributed by atoms with van der Waals surface area (Å²) >= 11 is 0. The van der Waals surface area contributed by atoms with Crippen LogP contribution in [0, 0.1) is 17.0 Å². The molecule has 0 unspecified atom stereocenters. The van der Waals surface area contributed by atoms with Gasteiger partial charge in [-0.1, -0.05) is 48.5 Å². The van der Waals surface area contributed by atoms with Crippen molar-refractivity contribution in [3.8, 4) is 11.1 Å². The van der Waals surface area contributed by atoms with Gasteiger partial charge in [0.15, 0.2) is 6.61 Å². The topological polar surface area (TPSA) is 98.5 Å². The molecule has 3 aromatic rings. The number of nitro groups is 1. The van der Waals surface area contributed by atoms with E-state index in [0.29, 0.717) is 11.3 Å². The van der Waals surface area contributed by atoms with E-state index >= 15 is 0 Å². The van der Waals surface area contributed by atoms with Gasteiger partial charge in [-0.2, -0.15) is 0 Å². The number of hydrogen-bond donors (Lipinski definition) is 1. The van der Waals surface area contributed by atoms with E-state index < -0.39 is 23.4 Å². The first-order valence-electron chi connectivity index (χ1n) is 8.81. The molecule has 0 atom stereocenters. The van der Waals surface area contributed by atoms with E-state index in [1.54, 1.807) is 19.1 Å². The van der Waals surface area contributed by atoms with E-state index in [0.717, 1.165) is 17.2 Å².